The van der Waals surface area contributed by atoms with Crippen molar-refractivity contribution >= 4 is 11.6 Å². The van der Waals surface area contributed by atoms with Gasteiger partial charge in [-0.2, -0.15) is 5.10 Å². The van der Waals surface area contributed by atoms with Crippen molar-refractivity contribution in [2.45, 2.75) is 13.5 Å². The van der Waals surface area contributed by atoms with Gasteiger partial charge in [-0.25, -0.2) is 0 Å². The predicted molar refractivity (Wildman–Crippen MR) is 101 cm³/mol. The number of piperazine rings is 1. The predicted octanol–water partition coefficient (Wildman–Crippen LogP) is 0.640. The van der Waals surface area contributed by atoms with Gasteiger partial charge in [-0.1, -0.05) is 0 Å². The number of morpholine rings is 1. The number of rotatable bonds is 5. The first kappa shape index (κ1) is 17.2. The molecule has 2 aromatic rings. The highest BCUT2D eigenvalue weighted by Gasteiger charge is 2.19. The van der Waals surface area contributed by atoms with Crippen LogP contribution in [0.3, 0.4) is 0 Å². The summed E-state index contributed by atoms with van der Waals surface area (Å²) in [4.78, 5) is 7.04. The van der Waals surface area contributed by atoms with Gasteiger partial charge < -0.3 is 14.5 Å². The van der Waals surface area contributed by atoms with E-state index in [9.17, 15) is 0 Å². The fourth-order valence-electron chi connectivity index (χ4n) is 3.48. The van der Waals surface area contributed by atoms with E-state index in [-0.39, 0.29) is 0 Å². The molecule has 2 saturated heterocycles. The van der Waals surface area contributed by atoms with E-state index in [1.165, 1.54) is 5.56 Å². The van der Waals surface area contributed by atoms with Crippen LogP contribution in [0.15, 0.2) is 24.5 Å². The van der Waals surface area contributed by atoms with Gasteiger partial charge in [-0.3, -0.25) is 9.58 Å². The molecular weight excluding hydrogens is 330 g/mol. The molecule has 2 aliphatic rings. The van der Waals surface area contributed by atoms with Crippen molar-refractivity contribution in [2.24, 2.45) is 0 Å². The minimum absolute atomic E-state index is 0.767. The van der Waals surface area contributed by atoms with Crippen LogP contribution >= 0.6 is 0 Å². The average Bonchev–Trinajstić information content (AvgIpc) is 3.13. The molecule has 2 aliphatic heterocycles. The summed E-state index contributed by atoms with van der Waals surface area (Å²) in [6.45, 7) is 11.5. The van der Waals surface area contributed by atoms with Gasteiger partial charge >= 0.3 is 0 Å². The van der Waals surface area contributed by atoms with Crippen molar-refractivity contribution < 1.29 is 4.74 Å². The van der Waals surface area contributed by atoms with Crippen LogP contribution in [0.25, 0.3) is 0 Å². The maximum absolute atomic E-state index is 5.39. The summed E-state index contributed by atoms with van der Waals surface area (Å²) in [6, 6.07) is 4.18. The van der Waals surface area contributed by atoms with Crippen LogP contribution in [0, 0.1) is 6.92 Å². The van der Waals surface area contributed by atoms with Crippen LogP contribution in [0.1, 0.15) is 5.56 Å². The molecule has 0 N–H and O–H groups in total. The molecule has 8 nitrogen and oxygen atoms in total. The van der Waals surface area contributed by atoms with E-state index in [2.05, 4.69) is 55.2 Å². The third-order valence-corrected chi connectivity index (χ3v) is 5.08. The first-order chi connectivity index (χ1) is 12.8. The van der Waals surface area contributed by atoms with Crippen molar-refractivity contribution in [3.05, 3.63) is 30.1 Å². The largest absolute Gasteiger partial charge is 0.378 e. The van der Waals surface area contributed by atoms with Gasteiger partial charge in [0, 0.05) is 52.0 Å². The Bertz CT molecular complexity index is 688. The molecule has 0 aliphatic carbocycles. The summed E-state index contributed by atoms with van der Waals surface area (Å²) in [7, 11) is 0. The first-order valence-electron chi connectivity index (χ1n) is 9.41. The summed E-state index contributed by atoms with van der Waals surface area (Å²) in [5, 5.41) is 13.2. The minimum Gasteiger partial charge on any atom is -0.378 e. The number of hydrogen-bond acceptors (Lipinski definition) is 7. The van der Waals surface area contributed by atoms with Gasteiger partial charge in [0.05, 0.1) is 26.0 Å². The zero-order valence-corrected chi connectivity index (χ0v) is 15.4. The Morgan fingerprint density at radius 2 is 1.54 bits per heavy atom. The average molecular weight is 357 g/mol. The first-order valence-corrected chi connectivity index (χ1v) is 9.41. The fraction of sp³-hybridized carbons (Fsp3) is 0.611. The quantitative estimate of drug-likeness (QED) is 0.778. The van der Waals surface area contributed by atoms with Crippen LogP contribution in [-0.2, 0) is 11.3 Å². The molecule has 0 saturated carbocycles. The highest BCUT2D eigenvalue weighted by atomic mass is 16.5. The molecule has 4 heterocycles. The summed E-state index contributed by atoms with van der Waals surface area (Å²) in [6.07, 6.45) is 4.01. The third kappa shape index (κ3) is 4.13. The normalized spacial score (nSPS) is 19.1. The Labute approximate surface area is 154 Å². The van der Waals surface area contributed by atoms with Crippen molar-refractivity contribution in [2.75, 3.05) is 68.8 Å². The number of anilines is 2. The molecule has 0 bridgehead atoms. The van der Waals surface area contributed by atoms with Crippen LogP contribution < -0.4 is 9.80 Å². The lowest BCUT2D eigenvalue weighted by Crippen LogP contribution is -2.47. The summed E-state index contributed by atoms with van der Waals surface area (Å²) >= 11 is 0. The molecule has 0 amide bonds. The summed E-state index contributed by atoms with van der Waals surface area (Å²) in [5.74, 6) is 1.93. The minimum atomic E-state index is 0.767. The van der Waals surface area contributed by atoms with Gasteiger partial charge in [-0.05, 0) is 24.6 Å². The Balaban J connectivity index is 1.26. The number of aryl methyl sites for hydroxylation is 1. The fourth-order valence-corrected chi connectivity index (χ4v) is 3.48. The lowest BCUT2D eigenvalue weighted by atomic mass is 10.3. The second-order valence-electron chi connectivity index (χ2n) is 6.96. The molecular formula is C18H27N7O. The highest BCUT2D eigenvalue weighted by molar-refractivity contribution is 5.45. The van der Waals surface area contributed by atoms with Crippen LogP contribution in [0.2, 0.25) is 0 Å². The third-order valence-electron chi connectivity index (χ3n) is 5.08. The van der Waals surface area contributed by atoms with E-state index in [0.29, 0.717) is 0 Å². The molecule has 0 spiro atoms. The zero-order valence-electron chi connectivity index (χ0n) is 15.4. The van der Waals surface area contributed by atoms with Crippen LogP contribution in [-0.4, -0.2) is 83.9 Å². The Kier molecular flexibility index (Phi) is 5.31. The maximum Gasteiger partial charge on any atom is 0.151 e. The van der Waals surface area contributed by atoms with Crippen molar-refractivity contribution in [3.8, 4) is 0 Å². The standard InChI is InChI=1S/C18H27N7O/c1-16-14-19-25(15-16)9-6-22-4-7-23(8-5-22)17-2-3-18(21-20-17)24-10-12-26-13-11-24/h2-3,14-15H,4-13H2,1H3. The molecule has 0 aromatic carbocycles. The smallest absolute Gasteiger partial charge is 0.151 e. The Hall–Kier alpha value is -2.19. The van der Waals surface area contributed by atoms with Gasteiger partial charge in [0.1, 0.15) is 0 Å². The topological polar surface area (TPSA) is 62.6 Å². The van der Waals surface area contributed by atoms with Crippen molar-refractivity contribution in [1.29, 1.82) is 0 Å². The maximum atomic E-state index is 5.39. The second-order valence-corrected chi connectivity index (χ2v) is 6.96. The number of nitrogens with zero attached hydrogens (tertiary/aromatic N) is 7. The van der Waals surface area contributed by atoms with E-state index in [0.717, 1.165) is 77.2 Å². The van der Waals surface area contributed by atoms with E-state index in [4.69, 9.17) is 4.74 Å². The molecule has 2 fully saturated rings. The highest BCUT2D eigenvalue weighted by Crippen LogP contribution is 2.17. The molecule has 140 valence electrons. The number of hydrogen-bond donors (Lipinski definition) is 0. The summed E-state index contributed by atoms with van der Waals surface area (Å²) in [5.41, 5.74) is 1.22. The lowest BCUT2D eigenvalue weighted by molar-refractivity contribution is 0.122. The number of ether oxygens (including phenoxy) is 1. The van der Waals surface area contributed by atoms with Crippen molar-refractivity contribution in [3.63, 3.8) is 0 Å². The van der Waals surface area contributed by atoms with E-state index >= 15 is 0 Å². The lowest BCUT2D eigenvalue weighted by Gasteiger charge is -2.35. The summed E-state index contributed by atoms with van der Waals surface area (Å²) < 4.78 is 7.42. The number of aromatic nitrogens is 4. The van der Waals surface area contributed by atoms with Gasteiger partial charge in [0.25, 0.3) is 0 Å². The van der Waals surface area contributed by atoms with Crippen LogP contribution in [0.5, 0.6) is 0 Å². The molecule has 26 heavy (non-hydrogen) atoms. The molecule has 0 radical (unpaired) electrons. The SMILES string of the molecule is Cc1cnn(CCN2CCN(c3ccc(N4CCOCC4)nn3)CC2)c1. The Morgan fingerprint density at radius 3 is 2.12 bits per heavy atom. The Morgan fingerprint density at radius 1 is 0.885 bits per heavy atom. The molecule has 4 rings (SSSR count). The van der Waals surface area contributed by atoms with Gasteiger partial charge in [0.2, 0.25) is 0 Å². The molecule has 2 aromatic heterocycles. The van der Waals surface area contributed by atoms with E-state index in [1.807, 2.05) is 10.9 Å². The molecule has 0 unspecified atom stereocenters. The molecule has 8 heteroatoms. The van der Waals surface area contributed by atoms with E-state index < -0.39 is 0 Å². The zero-order chi connectivity index (χ0) is 17.8. The van der Waals surface area contributed by atoms with Gasteiger partial charge in [0.15, 0.2) is 11.6 Å². The van der Waals surface area contributed by atoms with Crippen LogP contribution in [0.4, 0.5) is 11.6 Å². The second kappa shape index (κ2) is 8.01. The monoisotopic (exact) mass is 357 g/mol. The molecule has 0 atom stereocenters. The van der Waals surface area contributed by atoms with Gasteiger partial charge in [-0.15, -0.1) is 10.2 Å². The van der Waals surface area contributed by atoms with E-state index in [1.54, 1.807) is 0 Å². The van der Waals surface area contributed by atoms with Crippen molar-refractivity contribution in [1.82, 2.24) is 24.9 Å².